The van der Waals surface area contributed by atoms with Gasteiger partial charge in [-0.05, 0) is 37.5 Å². The van der Waals surface area contributed by atoms with Crippen molar-refractivity contribution in [2.24, 2.45) is 5.92 Å². The number of carbonyl (C=O) groups is 1. The van der Waals surface area contributed by atoms with E-state index in [1.165, 1.54) is 6.07 Å². The summed E-state index contributed by atoms with van der Waals surface area (Å²) in [6.45, 7) is 0. The normalized spacial score (nSPS) is 32.9. The summed E-state index contributed by atoms with van der Waals surface area (Å²) in [6.07, 6.45) is 2.21. The van der Waals surface area contributed by atoms with Crippen molar-refractivity contribution in [3.8, 4) is 0 Å². The Morgan fingerprint density at radius 3 is 2.73 bits per heavy atom. The number of fused-ring (bicyclic) bond motifs is 1. The monoisotopic (exact) mass is 208 g/mol. The molecule has 3 heteroatoms. The van der Waals surface area contributed by atoms with Gasteiger partial charge in [-0.2, -0.15) is 0 Å². The maximum Gasteiger partial charge on any atom is 0.146 e. The van der Waals surface area contributed by atoms with E-state index in [1.807, 2.05) is 0 Å². The number of rotatable bonds is 1. The van der Waals surface area contributed by atoms with Crippen molar-refractivity contribution in [3.05, 3.63) is 35.4 Å². The molecule has 2 unspecified atom stereocenters. The van der Waals surface area contributed by atoms with E-state index < -0.39 is 17.0 Å². The first-order chi connectivity index (χ1) is 7.13. The summed E-state index contributed by atoms with van der Waals surface area (Å²) in [6, 6.07) is 3.37. The van der Waals surface area contributed by atoms with E-state index in [2.05, 4.69) is 0 Å². The zero-order valence-electron chi connectivity index (χ0n) is 8.09. The number of hydrogen-bond acceptors (Lipinski definition) is 1. The van der Waals surface area contributed by atoms with Gasteiger partial charge in [-0.3, -0.25) is 4.79 Å². The van der Waals surface area contributed by atoms with E-state index >= 15 is 0 Å². The molecule has 3 saturated carbocycles. The Hall–Kier alpha value is -1.25. The van der Waals surface area contributed by atoms with Gasteiger partial charge < -0.3 is 0 Å². The zero-order chi connectivity index (χ0) is 10.6. The van der Waals surface area contributed by atoms with Gasteiger partial charge in [0, 0.05) is 11.5 Å². The lowest BCUT2D eigenvalue weighted by atomic mass is 9.64. The van der Waals surface area contributed by atoms with Gasteiger partial charge in [0.05, 0.1) is 5.41 Å². The van der Waals surface area contributed by atoms with Crippen molar-refractivity contribution in [3.63, 3.8) is 0 Å². The van der Waals surface area contributed by atoms with Crippen molar-refractivity contribution in [1.29, 1.82) is 0 Å². The summed E-state index contributed by atoms with van der Waals surface area (Å²) in [7, 11) is 0. The number of carbonyl (C=O) groups excluding carboxylic acids is 1. The quantitative estimate of drug-likeness (QED) is 0.693. The van der Waals surface area contributed by atoms with Crippen LogP contribution in [0.25, 0.3) is 0 Å². The zero-order valence-corrected chi connectivity index (χ0v) is 8.09. The molecule has 3 aliphatic carbocycles. The number of Topliss-reactive ketones (excluding diaryl/α,β-unsaturated/α-hetero) is 1. The van der Waals surface area contributed by atoms with E-state index in [9.17, 15) is 13.6 Å². The summed E-state index contributed by atoms with van der Waals surface area (Å²) in [5.74, 6) is -0.714. The average Bonchev–Trinajstić information content (AvgIpc) is 2.79. The molecule has 0 N–H and O–H groups in total. The number of benzene rings is 1. The van der Waals surface area contributed by atoms with Crippen LogP contribution >= 0.6 is 0 Å². The van der Waals surface area contributed by atoms with Crippen LogP contribution < -0.4 is 0 Å². The minimum Gasteiger partial charge on any atom is -0.298 e. The summed E-state index contributed by atoms with van der Waals surface area (Å²) in [5, 5.41) is 0. The molecule has 2 bridgehead atoms. The Kier molecular flexibility index (Phi) is 1.59. The molecule has 0 aliphatic heterocycles. The fourth-order valence-corrected chi connectivity index (χ4v) is 2.99. The van der Waals surface area contributed by atoms with Gasteiger partial charge >= 0.3 is 0 Å². The predicted molar refractivity (Wildman–Crippen MR) is 50.4 cm³/mol. The lowest BCUT2D eigenvalue weighted by Crippen LogP contribution is -2.45. The molecular weight excluding hydrogens is 198 g/mol. The summed E-state index contributed by atoms with van der Waals surface area (Å²) in [5.41, 5.74) is -0.419. The van der Waals surface area contributed by atoms with Crippen LogP contribution in [0.4, 0.5) is 8.78 Å². The van der Waals surface area contributed by atoms with Crippen LogP contribution in [0.1, 0.15) is 24.8 Å². The second kappa shape index (κ2) is 2.65. The number of ketones is 1. The lowest BCUT2D eigenvalue weighted by Gasteiger charge is -2.37. The van der Waals surface area contributed by atoms with Gasteiger partial charge in [0.25, 0.3) is 0 Å². The first-order valence-electron chi connectivity index (χ1n) is 5.13. The Morgan fingerprint density at radius 2 is 2.13 bits per heavy atom. The van der Waals surface area contributed by atoms with Gasteiger partial charge in [-0.15, -0.1) is 0 Å². The van der Waals surface area contributed by atoms with Crippen molar-refractivity contribution >= 4 is 5.78 Å². The molecule has 0 radical (unpaired) electrons. The first kappa shape index (κ1) is 9.01. The van der Waals surface area contributed by atoms with Crippen molar-refractivity contribution in [2.75, 3.05) is 0 Å². The first-order valence-corrected chi connectivity index (χ1v) is 5.13. The highest BCUT2D eigenvalue weighted by Gasteiger charge is 2.60. The van der Waals surface area contributed by atoms with E-state index in [-0.39, 0.29) is 17.3 Å². The van der Waals surface area contributed by atoms with E-state index in [4.69, 9.17) is 0 Å². The van der Waals surface area contributed by atoms with Crippen LogP contribution in [0.15, 0.2) is 18.2 Å². The molecule has 2 atom stereocenters. The molecule has 0 amide bonds. The Bertz CT molecular complexity index is 451. The molecule has 3 aliphatic rings. The van der Waals surface area contributed by atoms with Gasteiger partial charge in [-0.25, -0.2) is 8.78 Å². The third-order valence-electron chi connectivity index (χ3n) is 3.80. The topological polar surface area (TPSA) is 17.1 Å². The fourth-order valence-electron chi connectivity index (χ4n) is 2.99. The Balaban J connectivity index is 2.13. The molecule has 4 rings (SSSR count). The van der Waals surface area contributed by atoms with Crippen LogP contribution in [0, 0.1) is 17.6 Å². The Labute approximate surface area is 86.1 Å². The second-order valence-electron chi connectivity index (χ2n) is 4.51. The van der Waals surface area contributed by atoms with Crippen LogP contribution in [-0.4, -0.2) is 5.78 Å². The largest absolute Gasteiger partial charge is 0.298 e. The molecule has 0 aromatic heterocycles. The molecule has 1 aromatic carbocycles. The molecule has 0 saturated heterocycles. The van der Waals surface area contributed by atoms with Crippen LogP contribution in [-0.2, 0) is 10.2 Å². The summed E-state index contributed by atoms with van der Waals surface area (Å²) in [4.78, 5) is 11.7. The van der Waals surface area contributed by atoms with Crippen molar-refractivity contribution < 1.29 is 13.6 Å². The number of hydrogen-bond donors (Lipinski definition) is 0. The standard InChI is InChI=1S/C12H10F2O/c13-8-1-2-10(14)9(5-8)12-4-3-7(6-12)11(12)15/h1-2,5,7H,3-4,6H2. The minimum absolute atomic E-state index is 0.104. The van der Waals surface area contributed by atoms with Gasteiger partial charge in [0.2, 0.25) is 0 Å². The maximum absolute atomic E-state index is 13.5. The Morgan fingerprint density at radius 1 is 1.33 bits per heavy atom. The third-order valence-corrected chi connectivity index (χ3v) is 3.80. The fraction of sp³-hybridized carbons (Fsp3) is 0.417. The highest BCUT2D eigenvalue weighted by molar-refractivity contribution is 6.00. The highest BCUT2D eigenvalue weighted by Crippen LogP contribution is 2.57. The van der Waals surface area contributed by atoms with Gasteiger partial charge in [-0.1, -0.05) is 0 Å². The van der Waals surface area contributed by atoms with Gasteiger partial charge in [0.1, 0.15) is 17.4 Å². The van der Waals surface area contributed by atoms with Crippen LogP contribution in [0.2, 0.25) is 0 Å². The predicted octanol–water partition coefficient (Wildman–Crippen LogP) is 2.59. The highest BCUT2D eigenvalue weighted by atomic mass is 19.1. The SMILES string of the molecule is O=C1C2CCC1(c1cc(F)ccc1F)C2. The maximum atomic E-state index is 13.5. The second-order valence-corrected chi connectivity index (χ2v) is 4.51. The summed E-state index contributed by atoms with van der Waals surface area (Å²) >= 11 is 0. The van der Waals surface area contributed by atoms with Crippen molar-refractivity contribution in [1.82, 2.24) is 0 Å². The average molecular weight is 208 g/mol. The molecule has 3 fully saturated rings. The molecule has 1 nitrogen and oxygen atoms in total. The molecule has 1 aromatic rings. The molecule has 0 heterocycles. The minimum atomic E-state index is -0.684. The van der Waals surface area contributed by atoms with Crippen LogP contribution in [0.5, 0.6) is 0 Å². The molecule has 15 heavy (non-hydrogen) atoms. The van der Waals surface area contributed by atoms with Gasteiger partial charge in [0.15, 0.2) is 0 Å². The summed E-state index contributed by atoms with van der Waals surface area (Å²) < 4.78 is 26.6. The van der Waals surface area contributed by atoms with E-state index in [1.54, 1.807) is 0 Å². The van der Waals surface area contributed by atoms with E-state index in [0.29, 0.717) is 12.8 Å². The van der Waals surface area contributed by atoms with Crippen molar-refractivity contribution in [2.45, 2.75) is 24.7 Å². The number of halogens is 2. The smallest absolute Gasteiger partial charge is 0.146 e. The molecular formula is C12H10F2O. The lowest BCUT2D eigenvalue weighted by molar-refractivity contribution is -0.133. The molecule has 0 spiro atoms. The van der Waals surface area contributed by atoms with Crippen LogP contribution in [0.3, 0.4) is 0 Å². The third kappa shape index (κ3) is 0.981. The molecule has 78 valence electrons. The van der Waals surface area contributed by atoms with E-state index in [0.717, 1.165) is 18.6 Å².